The molecule has 12 heteroatoms. The number of hydrazine groups is 2. The van der Waals surface area contributed by atoms with Crippen LogP contribution in [0.4, 0.5) is 50.9 Å². The van der Waals surface area contributed by atoms with Gasteiger partial charge in [-0.3, -0.25) is 10.0 Å². The Hall–Kier alpha value is -3.67. The van der Waals surface area contributed by atoms with Crippen LogP contribution < -0.4 is 15.6 Å². The number of benzene rings is 3. The standard InChI is InChI=1S/C24H16F9N3/c25-22(26,27)17-3-1-15(2-4-17)16-13-35(20-9-5-18(6-10-20)23(28,29)30)34-36(14-16)21-11-7-19(8-12-21)24(31,32)33/h1-13,34H,14H2. The molecular weight excluding hydrogens is 501 g/mol. The predicted molar refractivity (Wildman–Crippen MR) is 115 cm³/mol. The van der Waals surface area contributed by atoms with Crippen molar-refractivity contribution in [3.05, 3.63) is 101 Å². The maximum Gasteiger partial charge on any atom is 0.416 e. The molecule has 190 valence electrons. The topological polar surface area (TPSA) is 18.5 Å². The smallest absolute Gasteiger partial charge is 0.286 e. The highest BCUT2D eigenvalue weighted by atomic mass is 19.4. The van der Waals surface area contributed by atoms with Gasteiger partial charge in [-0.05, 0) is 71.8 Å². The quantitative estimate of drug-likeness (QED) is 0.363. The largest absolute Gasteiger partial charge is 0.416 e. The molecule has 1 aliphatic rings. The lowest BCUT2D eigenvalue weighted by molar-refractivity contribution is -0.138. The second-order valence-corrected chi connectivity index (χ2v) is 7.87. The molecule has 1 aliphatic heterocycles. The molecule has 36 heavy (non-hydrogen) atoms. The minimum Gasteiger partial charge on any atom is -0.286 e. The molecule has 0 saturated heterocycles. The second kappa shape index (κ2) is 9.08. The summed E-state index contributed by atoms with van der Waals surface area (Å²) in [6.07, 6.45) is -12.2. The maximum absolute atomic E-state index is 13.0. The van der Waals surface area contributed by atoms with Crippen LogP contribution in [0, 0.1) is 0 Å². The van der Waals surface area contributed by atoms with E-state index in [4.69, 9.17) is 0 Å². The molecule has 0 amide bonds. The van der Waals surface area contributed by atoms with Gasteiger partial charge in [-0.15, -0.1) is 5.53 Å². The van der Waals surface area contributed by atoms with Crippen LogP contribution in [0.3, 0.4) is 0 Å². The van der Waals surface area contributed by atoms with E-state index < -0.39 is 35.2 Å². The third-order valence-electron chi connectivity index (χ3n) is 5.40. The van der Waals surface area contributed by atoms with E-state index in [0.29, 0.717) is 11.1 Å². The Labute approximate surface area is 199 Å². The number of alkyl halides is 9. The molecule has 0 bridgehead atoms. The molecule has 0 atom stereocenters. The number of anilines is 2. The summed E-state index contributed by atoms with van der Waals surface area (Å²) in [5.41, 5.74) is 1.66. The minimum atomic E-state index is -4.55. The number of nitrogens with zero attached hydrogens (tertiary/aromatic N) is 2. The molecule has 0 unspecified atom stereocenters. The van der Waals surface area contributed by atoms with Gasteiger partial charge in [0.1, 0.15) is 0 Å². The van der Waals surface area contributed by atoms with E-state index in [-0.39, 0.29) is 17.9 Å². The van der Waals surface area contributed by atoms with E-state index in [1.807, 2.05) is 0 Å². The van der Waals surface area contributed by atoms with Gasteiger partial charge < -0.3 is 0 Å². The highest BCUT2D eigenvalue weighted by molar-refractivity contribution is 5.75. The van der Waals surface area contributed by atoms with Gasteiger partial charge in [-0.2, -0.15) is 39.5 Å². The SMILES string of the molecule is FC(F)(F)c1ccc(C2=CN(c3ccc(C(F)(F)F)cc3)NN(c3ccc(C(F)(F)F)cc3)C2)cc1. The zero-order valence-corrected chi connectivity index (χ0v) is 18.0. The average molecular weight is 517 g/mol. The third kappa shape index (κ3) is 5.59. The normalized spacial score (nSPS) is 15.2. The minimum absolute atomic E-state index is 0.0356. The van der Waals surface area contributed by atoms with Crippen LogP contribution in [0.25, 0.3) is 5.57 Å². The Kier molecular flexibility index (Phi) is 6.41. The summed E-state index contributed by atoms with van der Waals surface area (Å²) in [7, 11) is 0. The van der Waals surface area contributed by atoms with Gasteiger partial charge in [0.15, 0.2) is 0 Å². The average Bonchev–Trinajstić information content (AvgIpc) is 2.82. The van der Waals surface area contributed by atoms with Gasteiger partial charge in [0.25, 0.3) is 0 Å². The molecule has 0 aromatic heterocycles. The van der Waals surface area contributed by atoms with Gasteiger partial charge in [0.2, 0.25) is 0 Å². The van der Waals surface area contributed by atoms with E-state index in [1.54, 1.807) is 0 Å². The van der Waals surface area contributed by atoms with Crippen molar-refractivity contribution in [3.63, 3.8) is 0 Å². The van der Waals surface area contributed by atoms with Gasteiger partial charge in [-0.25, -0.2) is 0 Å². The zero-order chi connectivity index (χ0) is 26.3. The van der Waals surface area contributed by atoms with E-state index in [1.165, 1.54) is 52.6 Å². The lowest BCUT2D eigenvalue weighted by Crippen LogP contribution is -2.52. The van der Waals surface area contributed by atoms with E-state index in [2.05, 4.69) is 5.53 Å². The molecular formula is C24H16F9N3. The van der Waals surface area contributed by atoms with Crippen LogP contribution in [0.15, 0.2) is 79.0 Å². The molecule has 4 rings (SSSR count). The Morgan fingerprint density at radius 1 is 0.528 bits per heavy atom. The molecule has 0 spiro atoms. The van der Waals surface area contributed by atoms with Crippen molar-refractivity contribution < 1.29 is 39.5 Å². The molecule has 0 aliphatic carbocycles. The highest BCUT2D eigenvalue weighted by Crippen LogP contribution is 2.35. The van der Waals surface area contributed by atoms with Gasteiger partial charge in [0, 0.05) is 6.20 Å². The summed E-state index contributed by atoms with van der Waals surface area (Å²) in [5.74, 6) is 0. The predicted octanol–water partition coefficient (Wildman–Crippen LogP) is 7.53. The zero-order valence-electron chi connectivity index (χ0n) is 18.0. The molecule has 1 N–H and O–H groups in total. The van der Waals surface area contributed by atoms with Crippen molar-refractivity contribution in [1.82, 2.24) is 5.53 Å². The van der Waals surface area contributed by atoms with Gasteiger partial charge in [0.05, 0.1) is 34.6 Å². The molecule has 0 saturated carbocycles. The summed E-state index contributed by atoms with van der Waals surface area (Å²) >= 11 is 0. The van der Waals surface area contributed by atoms with Crippen LogP contribution >= 0.6 is 0 Å². The number of nitrogens with one attached hydrogen (secondary N) is 1. The van der Waals surface area contributed by atoms with Crippen LogP contribution in [0.5, 0.6) is 0 Å². The number of rotatable bonds is 3. The van der Waals surface area contributed by atoms with Gasteiger partial charge >= 0.3 is 18.5 Å². The molecule has 3 aromatic rings. The fourth-order valence-corrected chi connectivity index (χ4v) is 3.52. The fourth-order valence-electron chi connectivity index (χ4n) is 3.52. The molecule has 1 heterocycles. The van der Waals surface area contributed by atoms with E-state index in [9.17, 15) is 39.5 Å². The Morgan fingerprint density at radius 3 is 1.33 bits per heavy atom. The Balaban J connectivity index is 1.70. The molecule has 0 radical (unpaired) electrons. The van der Waals surface area contributed by atoms with Crippen molar-refractivity contribution >= 4 is 16.9 Å². The number of hydrogen-bond donors (Lipinski definition) is 1. The molecule has 3 nitrogen and oxygen atoms in total. The Bertz CT molecular complexity index is 1220. The maximum atomic E-state index is 13.0. The summed E-state index contributed by atoms with van der Waals surface area (Å²) < 4.78 is 117. The first kappa shape index (κ1) is 25.4. The first-order chi connectivity index (χ1) is 16.7. The molecule has 3 aromatic carbocycles. The summed E-state index contributed by atoms with van der Waals surface area (Å²) in [4.78, 5) is 0. The van der Waals surface area contributed by atoms with Crippen molar-refractivity contribution in [1.29, 1.82) is 0 Å². The second-order valence-electron chi connectivity index (χ2n) is 7.87. The molecule has 0 fully saturated rings. The van der Waals surface area contributed by atoms with Gasteiger partial charge in [-0.1, -0.05) is 12.1 Å². The van der Waals surface area contributed by atoms with Crippen molar-refractivity contribution in [2.24, 2.45) is 0 Å². The Morgan fingerprint density at radius 2 is 0.917 bits per heavy atom. The van der Waals surface area contributed by atoms with Crippen molar-refractivity contribution in [2.45, 2.75) is 18.5 Å². The highest BCUT2D eigenvalue weighted by Gasteiger charge is 2.32. The first-order valence-electron chi connectivity index (χ1n) is 10.3. The number of hydrogen-bond acceptors (Lipinski definition) is 3. The van der Waals surface area contributed by atoms with Crippen LogP contribution in [0.1, 0.15) is 22.3 Å². The van der Waals surface area contributed by atoms with Crippen LogP contribution in [-0.2, 0) is 18.5 Å². The summed E-state index contributed by atoms with van der Waals surface area (Å²) in [6.45, 7) is 0.0356. The summed E-state index contributed by atoms with van der Waals surface area (Å²) in [6, 6.07) is 12.5. The van der Waals surface area contributed by atoms with E-state index in [0.717, 1.165) is 36.4 Å². The lowest BCUT2D eigenvalue weighted by atomic mass is 10.0. The monoisotopic (exact) mass is 517 g/mol. The first-order valence-corrected chi connectivity index (χ1v) is 10.3. The van der Waals surface area contributed by atoms with Crippen LogP contribution in [0.2, 0.25) is 0 Å². The number of halogens is 9. The fraction of sp³-hybridized carbons (Fsp3) is 0.167. The van der Waals surface area contributed by atoms with Crippen LogP contribution in [-0.4, -0.2) is 6.54 Å². The van der Waals surface area contributed by atoms with Crippen molar-refractivity contribution in [3.8, 4) is 0 Å². The lowest BCUT2D eigenvalue weighted by Gasteiger charge is -2.37. The van der Waals surface area contributed by atoms with Crippen molar-refractivity contribution in [2.75, 3.05) is 16.6 Å². The van der Waals surface area contributed by atoms with E-state index >= 15 is 0 Å². The summed E-state index contributed by atoms with van der Waals surface area (Å²) in [5, 5.41) is 2.75. The third-order valence-corrected chi connectivity index (χ3v) is 5.40.